The minimum Gasteiger partial charge on any atom is -0.369 e. The van der Waals surface area contributed by atoms with Crippen LogP contribution in [-0.2, 0) is 16.8 Å². The normalized spacial score (nSPS) is 18.2. The monoisotopic (exact) mass is 392 g/mol. The van der Waals surface area contributed by atoms with Gasteiger partial charge < -0.3 is 10.1 Å². The van der Waals surface area contributed by atoms with Crippen molar-refractivity contribution in [1.82, 2.24) is 20.3 Å². The number of nitrogens with zero attached hydrogens (tertiary/aromatic N) is 3. The second-order valence-corrected chi connectivity index (χ2v) is 8.71. The fourth-order valence-electron chi connectivity index (χ4n) is 4.32. The Morgan fingerprint density at radius 1 is 1.11 bits per heavy atom. The highest BCUT2D eigenvalue weighted by Gasteiger charge is 2.40. The summed E-state index contributed by atoms with van der Waals surface area (Å²) < 4.78 is 6.32. The molecule has 6 heteroatoms. The van der Waals surface area contributed by atoms with Crippen molar-refractivity contribution in [2.75, 3.05) is 19.7 Å². The van der Waals surface area contributed by atoms with E-state index >= 15 is 0 Å². The summed E-state index contributed by atoms with van der Waals surface area (Å²) in [5, 5.41) is 3.45. The van der Waals surface area contributed by atoms with E-state index in [9.17, 15) is 0 Å². The number of nitrogens with one attached hydrogen (secondary N) is 1. The van der Waals surface area contributed by atoms with Crippen molar-refractivity contribution in [2.45, 2.75) is 38.7 Å². The molecule has 0 atom stereocenters. The van der Waals surface area contributed by atoms with Crippen LogP contribution in [0.2, 0.25) is 0 Å². The SMILES string of the molecule is Cc1ccc(-c2ccnc(-c3cc4c(s3)C3(CCNCC3)OCC4)n2)c(C)n1. The van der Waals surface area contributed by atoms with Gasteiger partial charge in [0.2, 0.25) is 0 Å². The van der Waals surface area contributed by atoms with Crippen LogP contribution in [0.4, 0.5) is 0 Å². The molecule has 1 saturated heterocycles. The average molecular weight is 393 g/mol. The summed E-state index contributed by atoms with van der Waals surface area (Å²) in [4.78, 5) is 16.6. The highest BCUT2D eigenvalue weighted by Crippen LogP contribution is 2.46. The van der Waals surface area contributed by atoms with Crippen LogP contribution >= 0.6 is 11.3 Å². The first kappa shape index (κ1) is 17.9. The maximum absolute atomic E-state index is 6.32. The molecule has 5 heterocycles. The highest BCUT2D eigenvalue weighted by molar-refractivity contribution is 7.15. The Balaban J connectivity index is 1.54. The van der Waals surface area contributed by atoms with Gasteiger partial charge in [0.25, 0.3) is 0 Å². The Morgan fingerprint density at radius 3 is 2.79 bits per heavy atom. The molecule has 0 saturated carbocycles. The first-order chi connectivity index (χ1) is 13.6. The third kappa shape index (κ3) is 3.05. The number of hydrogen-bond donors (Lipinski definition) is 1. The minimum absolute atomic E-state index is 0.114. The van der Waals surface area contributed by atoms with Crippen LogP contribution in [0.1, 0.15) is 34.7 Å². The zero-order chi connectivity index (χ0) is 19.1. The van der Waals surface area contributed by atoms with Gasteiger partial charge in [-0.3, -0.25) is 4.98 Å². The molecule has 1 fully saturated rings. The number of pyridine rings is 1. The first-order valence-electron chi connectivity index (χ1n) is 9.91. The average Bonchev–Trinajstić information content (AvgIpc) is 3.15. The third-order valence-corrected chi connectivity index (χ3v) is 7.12. The Hall–Kier alpha value is -2.15. The van der Waals surface area contributed by atoms with Crippen molar-refractivity contribution >= 4 is 11.3 Å². The molecular formula is C22H24N4OS. The molecule has 5 rings (SSSR count). The van der Waals surface area contributed by atoms with Gasteiger partial charge in [0.05, 0.1) is 17.2 Å². The van der Waals surface area contributed by atoms with E-state index in [0.29, 0.717) is 0 Å². The molecule has 144 valence electrons. The van der Waals surface area contributed by atoms with Crippen LogP contribution in [-0.4, -0.2) is 34.6 Å². The molecule has 1 N–H and O–H groups in total. The van der Waals surface area contributed by atoms with Crippen molar-refractivity contribution < 1.29 is 4.74 Å². The second-order valence-electron chi connectivity index (χ2n) is 7.66. The van der Waals surface area contributed by atoms with Crippen molar-refractivity contribution in [2.24, 2.45) is 0 Å². The molecule has 0 aromatic carbocycles. The van der Waals surface area contributed by atoms with Gasteiger partial charge in [-0.1, -0.05) is 0 Å². The zero-order valence-corrected chi connectivity index (χ0v) is 17.1. The van der Waals surface area contributed by atoms with Gasteiger partial charge in [0, 0.05) is 28.0 Å². The number of rotatable bonds is 2. The van der Waals surface area contributed by atoms with Crippen molar-refractivity contribution in [3.8, 4) is 22.0 Å². The van der Waals surface area contributed by atoms with E-state index < -0.39 is 0 Å². The standard InChI is InChI=1S/C22H24N4OS/c1-14-3-4-17(15(2)25-14)18-5-9-24-21(26-18)19-13-16-6-12-27-22(20(16)28-19)7-10-23-11-8-22/h3-5,9,13,23H,6-8,10-12H2,1-2H3. The van der Waals surface area contributed by atoms with Gasteiger partial charge in [-0.2, -0.15) is 0 Å². The Bertz CT molecular complexity index is 1020. The van der Waals surface area contributed by atoms with Crippen molar-refractivity contribution in [1.29, 1.82) is 0 Å². The number of aromatic nitrogens is 3. The van der Waals surface area contributed by atoms with E-state index in [4.69, 9.17) is 9.72 Å². The van der Waals surface area contributed by atoms with E-state index in [1.807, 2.05) is 43.5 Å². The molecule has 1 spiro atoms. The summed E-state index contributed by atoms with van der Waals surface area (Å²) >= 11 is 1.81. The molecule has 5 nitrogen and oxygen atoms in total. The molecule has 0 bridgehead atoms. The summed E-state index contributed by atoms with van der Waals surface area (Å²) in [6.07, 6.45) is 4.90. The lowest BCUT2D eigenvalue weighted by Gasteiger charge is -2.40. The quantitative estimate of drug-likeness (QED) is 0.713. The van der Waals surface area contributed by atoms with Crippen LogP contribution in [0.25, 0.3) is 22.0 Å². The van der Waals surface area contributed by atoms with Crippen LogP contribution in [0, 0.1) is 13.8 Å². The Labute approximate surface area is 169 Å². The maximum Gasteiger partial charge on any atom is 0.169 e. The summed E-state index contributed by atoms with van der Waals surface area (Å²) in [6, 6.07) is 8.38. The third-order valence-electron chi connectivity index (χ3n) is 5.76. The van der Waals surface area contributed by atoms with E-state index in [1.54, 1.807) is 0 Å². The van der Waals surface area contributed by atoms with Gasteiger partial charge in [0.15, 0.2) is 5.82 Å². The van der Waals surface area contributed by atoms with Crippen LogP contribution in [0.15, 0.2) is 30.5 Å². The lowest BCUT2D eigenvalue weighted by Crippen LogP contribution is -2.43. The lowest BCUT2D eigenvalue weighted by molar-refractivity contribution is -0.0771. The smallest absolute Gasteiger partial charge is 0.169 e. The zero-order valence-electron chi connectivity index (χ0n) is 16.3. The van der Waals surface area contributed by atoms with Crippen LogP contribution in [0.3, 0.4) is 0 Å². The Kier molecular flexibility index (Phi) is 4.50. The summed E-state index contributed by atoms with van der Waals surface area (Å²) in [5.74, 6) is 0.793. The first-order valence-corrected chi connectivity index (χ1v) is 10.7. The summed E-state index contributed by atoms with van der Waals surface area (Å²) in [5.41, 5.74) is 5.31. The number of hydrogen-bond acceptors (Lipinski definition) is 6. The molecule has 0 aliphatic carbocycles. The summed E-state index contributed by atoms with van der Waals surface area (Å²) in [6.45, 7) is 6.87. The second kappa shape index (κ2) is 7.03. The molecule has 28 heavy (non-hydrogen) atoms. The van der Waals surface area contributed by atoms with E-state index in [2.05, 4.69) is 27.4 Å². The highest BCUT2D eigenvalue weighted by atomic mass is 32.1. The number of fused-ring (bicyclic) bond motifs is 2. The predicted octanol–water partition coefficient (Wildman–Crippen LogP) is 4.04. The molecule has 2 aliphatic heterocycles. The van der Waals surface area contributed by atoms with Crippen molar-refractivity contribution in [3.05, 3.63) is 52.3 Å². The van der Waals surface area contributed by atoms with Crippen LogP contribution < -0.4 is 5.32 Å². The number of piperidine rings is 1. The molecule has 3 aromatic rings. The van der Waals surface area contributed by atoms with Crippen LogP contribution in [0.5, 0.6) is 0 Å². The molecule has 2 aliphatic rings. The fourth-order valence-corrected chi connectivity index (χ4v) is 5.67. The number of aryl methyl sites for hydroxylation is 2. The molecular weight excluding hydrogens is 368 g/mol. The van der Waals surface area contributed by atoms with Gasteiger partial charge in [-0.05, 0) is 76.0 Å². The topological polar surface area (TPSA) is 59.9 Å². The van der Waals surface area contributed by atoms with E-state index in [0.717, 1.165) is 72.3 Å². The fraction of sp³-hybridized carbons (Fsp3) is 0.409. The number of ether oxygens (including phenoxy) is 1. The van der Waals surface area contributed by atoms with Crippen molar-refractivity contribution in [3.63, 3.8) is 0 Å². The van der Waals surface area contributed by atoms with Gasteiger partial charge >= 0.3 is 0 Å². The van der Waals surface area contributed by atoms with E-state index in [-0.39, 0.29) is 5.60 Å². The summed E-state index contributed by atoms with van der Waals surface area (Å²) in [7, 11) is 0. The lowest BCUT2D eigenvalue weighted by atomic mass is 9.86. The predicted molar refractivity (Wildman–Crippen MR) is 111 cm³/mol. The molecule has 3 aromatic heterocycles. The molecule has 0 amide bonds. The largest absolute Gasteiger partial charge is 0.369 e. The van der Waals surface area contributed by atoms with Gasteiger partial charge in [-0.25, -0.2) is 9.97 Å². The Morgan fingerprint density at radius 2 is 1.96 bits per heavy atom. The van der Waals surface area contributed by atoms with E-state index in [1.165, 1.54) is 10.4 Å². The van der Waals surface area contributed by atoms with Gasteiger partial charge in [0.1, 0.15) is 5.60 Å². The van der Waals surface area contributed by atoms with Gasteiger partial charge in [-0.15, -0.1) is 11.3 Å². The molecule has 0 unspecified atom stereocenters. The maximum atomic E-state index is 6.32. The minimum atomic E-state index is -0.114. The number of thiophene rings is 1. The molecule has 0 radical (unpaired) electrons.